The molecule has 0 spiro atoms. The van der Waals surface area contributed by atoms with Crippen molar-refractivity contribution in [2.75, 3.05) is 6.54 Å². The maximum atomic E-state index is 11.9. The van der Waals surface area contributed by atoms with Gasteiger partial charge in [-0.1, -0.05) is 13.8 Å². The number of carbonyl (C=O) groups is 2. The van der Waals surface area contributed by atoms with Crippen molar-refractivity contribution >= 4 is 11.7 Å². The Balaban J connectivity index is 4.12. The van der Waals surface area contributed by atoms with E-state index < -0.39 is 18.4 Å². The van der Waals surface area contributed by atoms with Gasteiger partial charge in [-0.15, -0.1) is 0 Å². The first-order valence-corrected chi connectivity index (χ1v) is 7.05. The molecule has 0 aliphatic carbocycles. The fraction of sp³-hybridized carbons (Fsp3) is 0.846. The fourth-order valence-corrected chi connectivity index (χ4v) is 1.80. The third-order valence-corrected chi connectivity index (χ3v) is 2.92. The Hall–Kier alpha value is -1.02. The summed E-state index contributed by atoms with van der Waals surface area (Å²) in [5.41, 5.74) is 16.5. The number of nitrogens with two attached hydrogens (primary N) is 3. The highest BCUT2D eigenvalue weighted by molar-refractivity contribution is 5.89. The minimum absolute atomic E-state index is 0.0463. The summed E-state index contributed by atoms with van der Waals surface area (Å²) < 4.78 is 0. The van der Waals surface area contributed by atoms with Gasteiger partial charge < -0.3 is 22.5 Å². The molecule has 0 heterocycles. The van der Waals surface area contributed by atoms with Crippen molar-refractivity contribution in [3.63, 3.8) is 0 Å². The Morgan fingerprint density at radius 1 is 1.15 bits per heavy atom. The maximum absolute atomic E-state index is 11.9. The van der Waals surface area contributed by atoms with Crippen molar-refractivity contribution in [3.05, 3.63) is 0 Å². The Morgan fingerprint density at radius 2 is 1.75 bits per heavy atom. The Bertz CT molecular complexity index is 307. The highest BCUT2D eigenvalue weighted by Crippen LogP contribution is 2.06. The zero-order valence-electron chi connectivity index (χ0n) is 12.7. The van der Waals surface area contributed by atoms with Gasteiger partial charge in [0.25, 0.3) is 0 Å². The number of amides is 1. The first-order chi connectivity index (χ1) is 9.23. The third-order valence-electron chi connectivity index (χ3n) is 2.92. The molecule has 0 aromatic carbocycles. The summed E-state index contributed by atoms with van der Waals surface area (Å²) in [6, 6.07) is -1.08. The lowest BCUT2D eigenvalue weighted by Gasteiger charge is -2.20. The summed E-state index contributed by atoms with van der Waals surface area (Å²) >= 11 is 0. The zero-order valence-corrected chi connectivity index (χ0v) is 12.7. The monoisotopic (exact) mass is 287 g/mol. The van der Waals surface area contributed by atoms with Crippen molar-refractivity contribution < 1.29 is 9.59 Å². The summed E-state index contributed by atoms with van der Waals surface area (Å²) in [7, 11) is 0. The fourth-order valence-electron chi connectivity index (χ4n) is 1.80. The topological polar surface area (TPSA) is 136 Å². The first-order valence-electron chi connectivity index (χ1n) is 7.05. The molecule has 1 amide bonds. The van der Waals surface area contributed by atoms with E-state index in [0.717, 1.165) is 0 Å². The molecule has 0 saturated carbocycles. The molecule has 0 bridgehead atoms. The van der Waals surface area contributed by atoms with Gasteiger partial charge in [-0.2, -0.15) is 0 Å². The molecule has 0 radical (unpaired) electrons. The van der Waals surface area contributed by atoms with Gasteiger partial charge in [0.05, 0.1) is 12.1 Å². The lowest BCUT2D eigenvalue weighted by Crippen LogP contribution is -2.49. The van der Waals surface area contributed by atoms with Gasteiger partial charge in [0.15, 0.2) is 5.78 Å². The van der Waals surface area contributed by atoms with Gasteiger partial charge >= 0.3 is 0 Å². The van der Waals surface area contributed by atoms with E-state index in [9.17, 15) is 9.59 Å². The second-order valence-electron chi connectivity index (χ2n) is 5.53. The molecule has 0 saturated heterocycles. The predicted molar refractivity (Wildman–Crippen MR) is 79.4 cm³/mol. The minimum Gasteiger partial charge on any atom is -0.345 e. The number of hydrogen-bond donors (Lipinski definition) is 5. The van der Waals surface area contributed by atoms with E-state index in [-0.39, 0.29) is 11.7 Å². The molecule has 0 unspecified atom stereocenters. The Morgan fingerprint density at radius 3 is 2.20 bits per heavy atom. The van der Waals surface area contributed by atoms with Crippen LogP contribution < -0.4 is 27.8 Å². The molecule has 7 heteroatoms. The highest BCUT2D eigenvalue weighted by Gasteiger charge is 2.21. The summed E-state index contributed by atoms with van der Waals surface area (Å²) in [5, 5.41) is 5.55. The quantitative estimate of drug-likeness (QED) is 0.258. The van der Waals surface area contributed by atoms with E-state index in [4.69, 9.17) is 17.2 Å². The lowest BCUT2D eigenvalue weighted by atomic mass is 10.0. The number of ketones is 1. The van der Waals surface area contributed by atoms with Gasteiger partial charge in [0.2, 0.25) is 5.91 Å². The van der Waals surface area contributed by atoms with Crippen LogP contribution in [0.3, 0.4) is 0 Å². The summed E-state index contributed by atoms with van der Waals surface area (Å²) in [4.78, 5) is 23.4. The Labute approximate surface area is 121 Å². The van der Waals surface area contributed by atoms with E-state index in [1.807, 2.05) is 13.8 Å². The number of rotatable bonds is 10. The molecule has 0 fully saturated rings. The number of carbonyl (C=O) groups excluding carboxylic acids is 2. The molecule has 8 N–H and O–H groups in total. The summed E-state index contributed by atoms with van der Waals surface area (Å²) in [6.45, 7) is 6.08. The largest absolute Gasteiger partial charge is 0.345 e. The van der Waals surface area contributed by atoms with Crippen LogP contribution in [0, 0.1) is 5.92 Å². The van der Waals surface area contributed by atoms with Gasteiger partial charge in [0.1, 0.15) is 6.29 Å². The van der Waals surface area contributed by atoms with Gasteiger partial charge in [-0.3, -0.25) is 14.9 Å². The van der Waals surface area contributed by atoms with E-state index in [0.29, 0.717) is 31.7 Å². The van der Waals surface area contributed by atoms with Crippen LogP contribution in [0.25, 0.3) is 0 Å². The predicted octanol–water partition coefficient (Wildman–Crippen LogP) is -0.996. The van der Waals surface area contributed by atoms with E-state index in [1.54, 1.807) is 0 Å². The summed E-state index contributed by atoms with van der Waals surface area (Å²) in [6.07, 6.45) is 1.26. The van der Waals surface area contributed by atoms with Gasteiger partial charge in [0, 0.05) is 0 Å². The molecule has 20 heavy (non-hydrogen) atoms. The van der Waals surface area contributed by atoms with Crippen LogP contribution in [-0.4, -0.2) is 36.6 Å². The van der Waals surface area contributed by atoms with Crippen molar-refractivity contribution in [2.24, 2.45) is 23.1 Å². The Kier molecular flexibility index (Phi) is 9.32. The van der Waals surface area contributed by atoms with Crippen LogP contribution >= 0.6 is 0 Å². The van der Waals surface area contributed by atoms with Crippen LogP contribution in [0.4, 0.5) is 0 Å². The van der Waals surface area contributed by atoms with Gasteiger partial charge in [-0.05, 0) is 38.6 Å². The maximum Gasteiger partial charge on any atom is 0.237 e. The van der Waals surface area contributed by atoms with E-state index >= 15 is 0 Å². The number of hydrogen-bond acceptors (Lipinski definition) is 6. The molecule has 0 rings (SSSR count). The smallest absolute Gasteiger partial charge is 0.237 e. The normalized spacial score (nSPS) is 14.4. The number of nitrogens with one attached hydrogen (secondary N) is 2. The van der Waals surface area contributed by atoms with Crippen molar-refractivity contribution in [3.8, 4) is 0 Å². The van der Waals surface area contributed by atoms with Gasteiger partial charge in [-0.25, -0.2) is 0 Å². The molecule has 0 aromatic rings. The second-order valence-corrected chi connectivity index (χ2v) is 5.53. The number of Topliss-reactive ketones (excluding diaryl/α,β-unsaturated/α-hetero) is 1. The van der Waals surface area contributed by atoms with Crippen LogP contribution in [0.15, 0.2) is 0 Å². The molecule has 0 aliphatic heterocycles. The molecular formula is C13H29N5O2. The van der Waals surface area contributed by atoms with E-state index in [2.05, 4.69) is 10.6 Å². The molecule has 7 nitrogen and oxygen atoms in total. The van der Waals surface area contributed by atoms with Crippen LogP contribution in [-0.2, 0) is 9.59 Å². The van der Waals surface area contributed by atoms with Crippen molar-refractivity contribution in [1.82, 2.24) is 10.6 Å². The molecule has 118 valence electrons. The molecule has 2 atom stereocenters. The van der Waals surface area contributed by atoms with Crippen molar-refractivity contribution in [2.45, 2.75) is 58.4 Å². The zero-order chi connectivity index (χ0) is 15.7. The van der Waals surface area contributed by atoms with Crippen LogP contribution in [0.2, 0.25) is 0 Å². The average Bonchev–Trinajstić information content (AvgIpc) is 2.32. The highest BCUT2D eigenvalue weighted by atomic mass is 16.2. The molecule has 0 aliphatic rings. The molecular weight excluding hydrogens is 258 g/mol. The second kappa shape index (κ2) is 9.82. The van der Waals surface area contributed by atoms with Crippen LogP contribution in [0.1, 0.15) is 40.0 Å². The van der Waals surface area contributed by atoms with Crippen LogP contribution in [0.5, 0.6) is 0 Å². The van der Waals surface area contributed by atoms with E-state index in [1.165, 1.54) is 6.92 Å². The first kappa shape index (κ1) is 19.0. The minimum atomic E-state index is -0.625. The standard InChI is InChI=1S/C13H29N5O2/c1-8(2)7-11(9(3)19)18-12(20)10(14)5-4-6-17-13(15)16/h8,10-11,13,17H,4-7,14-16H2,1-3H3,(H,18,20)/t10-,11-/m0/s1. The lowest BCUT2D eigenvalue weighted by molar-refractivity contribution is -0.128. The van der Waals surface area contributed by atoms with Crippen molar-refractivity contribution in [1.29, 1.82) is 0 Å². The summed E-state index contributed by atoms with van der Waals surface area (Å²) in [5.74, 6) is -0.00594. The molecule has 0 aromatic heterocycles. The third kappa shape index (κ3) is 8.98. The SMILES string of the molecule is CC(=O)[C@H](CC(C)C)NC(=O)[C@@H](N)CCCNC(N)N. The average molecular weight is 287 g/mol.